The minimum absolute atomic E-state index is 0.629. The molecule has 0 saturated carbocycles. The summed E-state index contributed by atoms with van der Waals surface area (Å²) in [5, 5.41) is 9.14. The number of aromatic nitrogens is 3. The molecule has 0 spiro atoms. The van der Waals surface area contributed by atoms with Crippen LogP contribution in [-0.4, -0.2) is 15.0 Å². The Morgan fingerprint density at radius 2 is 0.836 bits per heavy atom. The van der Waals surface area contributed by atoms with E-state index in [0.29, 0.717) is 17.5 Å². The molecule has 0 N–H and O–H groups in total. The van der Waals surface area contributed by atoms with Crippen LogP contribution in [0.25, 0.3) is 111 Å². The molecule has 11 rings (SSSR count). The molecule has 0 unspecified atom stereocenters. The van der Waals surface area contributed by atoms with Gasteiger partial charge in [0, 0.05) is 27.5 Å². The van der Waals surface area contributed by atoms with Crippen molar-refractivity contribution in [3.8, 4) is 56.4 Å². The lowest BCUT2D eigenvalue weighted by Crippen LogP contribution is -2.00. The molecule has 0 fully saturated rings. The zero-order valence-corrected chi connectivity index (χ0v) is 29.6. The van der Waals surface area contributed by atoms with Gasteiger partial charge in [-0.15, -0.1) is 0 Å². The van der Waals surface area contributed by atoms with E-state index in [2.05, 4.69) is 146 Å². The topological polar surface area (TPSA) is 51.8 Å². The van der Waals surface area contributed by atoms with Crippen LogP contribution in [0, 0.1) is 0 Å². The van der Waals surface area contributed by atoms with Gasteiger partial charge in [0.15, 0.2) is 17.5 Å². The van der Waals surface area contributed by atoms with Gasteiger partial charge >= 0.3 is 0 Å². The maximum absolute atomic E-state index is 6.58. The summed E-state index contributed by atoms with van der Waals surface area (Å²) in [6.45, 7) is 0. The summed E-state index contributed by atoms with van der Waals surface area (Å²) in [6, 6.07) is 65.9. The molecule has 9 aromatic carbocycles. The van der Waals surface area contributed by atoms with Gasteiger partial charge in [0.1, 0.15) is 11.2 Å². The molecule has 4 heteroatoms. The number of benzene rings is 9. The first-order valence-electron chi connectivity index (χ1n) is 18.5. The zero-order chi connectivity index (χ0) is 36.3. The van der Waals surface area contributed by atoms with E-state index in [9.17, 15) is 0 Å². The molecule has 0 atom stereocenters. The van der Waals surface area contributed by atoms with Gasteiger partial charge in [-0.2, -0.15) is 0 Å². The van der Waals surface area contributed by atoms with Crippen molar-refractivity contribution in [3.05, 3.63) is 188 Å². The fourth-order valence-corrected chi connectivity index (χ4v) is 8.01. The van der Waals surface area contributed by atoms with Gasteiger partial charge in [-0.05, 0) is 91.0 Å². The van der Waals surface area contributed by atoms with Gasteiger partial charge in [0.2, 0.25) is 0 Å². The van der Waals surface area contributed by atoms with Crippen molar-refractivity contribution >= 4 is 54.3 Å². The Labute approximate surface area is 317 Å². The number of para-hydroxylation sites is 1. The Balaban J connectivity index is 1.12. The van der Waals surface area contributed by atoms with Crippen molar-refractivity contribution in [3.63, 3.8) is 0 Å². The third-order valence-electron chi connectivity index (χ3n) is 10.7. The minimum atomic E-state index is 0.629. The third kappa shape index (κ3) is 5.34. The van der Waals surface area contributed by atoms with Crippen LogP contribution in [0.1, 0.15) is 0 Å². The van der Waals surface area contributed by atoms with E-state index in [4.69, 9.17) is 19.4 Å². The first-order valence-corrected chi connectivity index (χ1v) is 18.5. The van der Waals surface area contributed by atoms with Crippen molar-refractivity contribution in [1.29, 1.82) is 0 Å². The van der Waals surface area contributed by atoms with Crippen LogP contribution >= 0.6 is 0 Å². The average Bonchev–Trinajstić information content (AvgIpc) is 3.64. The van der Waals surface area contributed by atoms with Gasteiger partial charge in [0.05, 0.1) is 0 Å². The number of furan rings is 1. The standard InChI is InChI=1S/C51H31N3O/c1-2-14-34(15-3-1)49-52-50(38-25-23-33-13-5-7-17-36(33)29-38)54-51(53-49)43-27-26-40(41-18-8-9-19-42(41)43)39-30-45(37-24-22-32-12-4-6-16-35(32)28-37)48-44-20-10-11-21-46(44)55-47(48)31-39/h1-31H. The molecule has 11 aromatic rings. The average molecular weight is 702 g/mol. The molecule has 2 aromatic heterocycles. The van der Waals surface area contributed by atoms with Gasteiger partial charge in [-0.1, -0.05) is 152 Å². The lowest BCUT2D eigenvalue weighted by Gasteiger charge is -2.14. The third-order valence-corrected chi connectivity index (χ3v) is 10.7. The van der Waals surface area contributed by atoms with Gasteiger partial charge in [0.25, 0.3) is 0 Å². The van der Waals surface area contributed by atoms with E-state index >= 15 is 0 Å². The number of rotatable bonds is 5. The number of hydrogen-bond donors (Lipinski definition) is 0. The van der Waals surface area contributed by atoms with Gasteiger partial charge in [-0.3, -0.25) is 0 Å². The Kier molecular flexibility index (Phi) is 7.14. The van der Waals surface area contributed by atoms with E-state index in [1.54, 1.807) is 0 Å². The highest BCUT2D eigenvalue weighted by molar-refractivity contribution is 6.15. The normalized spacial score (nSPS) is 11.6. The highest BCUT2D eigenvalue weighted by Crippen LogP contribution is 2.43. The van der Waals surface area contributed by atoms with E-state index in [-0.39, 0.29) is 0 Å². The van der Waals surface area contributed by atoms with Crippen LogP contribution in [0.4, 0.5) is 0 Å². The molecule has 0 radical (unpaired) electrons. The van der Waals surface area contributed by atoms with E-state index in [1.807, 2.05) is 42.5 Å². The quantitative estimate of drug-likeness (QED) is 0.179. The smallest absolute Gasteiger partial charge is 0.164 e. The molecule has 4 nitrogen and oxygen atoms in total. The Hall–Kier alpha value is -7.43. The monoisotopic (exact) mass is 701 g/mol. The van der Waals surface area contributed by atoms with Crippen LogP contribution in [0.5, 0.6) is 0 Å². The number of hydrogen-bond acceptors (Lipinski definition) is 4. The van der Waals surface area contributed by atoms with E-state index < -0.39 is 0 Å². The molecule has 0 aliphatic carbocycles. The maximum Gasteiger partial charge on any atom is 0.164 e. The molecule has 0 aliphatic rings. The summed E-state index contributed by atoms with van der Waals surface area (Å²) in [7, 11) is 0. The summed E-state index contributed by atoms with van der Waals surface area (Å²) < 4.78 is 6.58. The van der Waals surface area contributed by atoms with Crippen molar-refractivity contribution in [1.82, 2.24) is 15.0 Å². The molecule has 0 aliphatic heterocycles. The van der Waals surface area contributed by atoms with Crippen LogP contribution < -0.4 is 0 Å². The molecule has 0 saturated heterocycles. The summed E-state index contributed by atoms with van der Waals surface area (Å²) in [6.07, 6.45) is 0. The maximum atomic E-state index is 6.58. The fourth-order valence-electron chi connectivity index (χ4n) is 8.01. The number of nitrogens with zero attached hydrogens (tertiary/aromatic N) is 3. The SMILES string of the molecule is c1ccc(-c2nc(-c3ccc4ccccc4c3)nc(-c3ccc(-c4cc(-c5ccc6ccccc6c5)c5c(c4)oc4ccccc45)c4ccccc34)n2)cc1. The first-order chi connectivity index (χ1) is 27.2. The Bertz CT molecular complexity index is 3270. The van der Waals surface area contributed by atoms with E-state index in [0.717, 1.165) is 77.0 Å². The second kappa shape index (κ2) is 12.6. The van der Waals surface area contributed by atoms with Gasteiger partial charge < -0.3 is 4.42 Å². The lowest BCUT2D eigenvalue weighted by atomic mass is 9.90. The van der Waals surface area contributed by atoms with Crippen molar-refractivity contribution in [2.24, 2.45) is 0 Å². The zero-order valence-electron chi connectivity index (χ0n) is 29.6. The van der Waals surface area contributed by atoms with Gasteiger partial charge in [-0.25, -0.2) is 15.0 Å². The fraction of sp³-hybridized carbons (Fsp3) is 0. The molecule has 0 amide bonds. The van der Waals surface area contributed by atoms with Crippen molar-refractivity contribution < 1.29 is 4.42 Å². The van der Waals surface area contributed by atoms with E-state index in [1.165, 1.54) is 16.2 Å². The predicted octanol–water partition coefficient (Wildman–Crippen LogP) is 13.6. The highest BCUT2D eigenvalue weighted by atomic mass is 16.3. The second-order valence-corrected chi connectivity index (χ2v) is 14.0. The predicted molar refractivity (Wildman–Crippen MR) is 227 cm³/mol. The van der Waals surface area contributed by atoms with Crippen molar-refractivity contribution in [2.45, 2.75) is 0 Å². The van der Waals surface area contributed by atoms with Crippen molar-refractivity contribution in [2.75, 3.05) is 0 Å². The highest BCUT2D eigenvalue weighted by Gasteiger charge is 2.19. The largest absolute Gasteiger partial charge is 0.456 e. The van der Waals surface area contributed by atoms with Crippen LogP contribution in [0.15, 0.2) is 192 Å². The summed E-state index contributed by atoms with van der Waals surface area (Å²) in [4.78, 5) is 15.3. The molecular formula is C51H31N3O. The molecular weight excluding hydrogens is 671 g/mol. The molecule has 256 valence electrons. The summed E-state index contributed by atoms with van der Waals surface area (Å²) in [5.74, 6) is 1.90. The van der Waals surface area contributed by atoms with Crippen LogP contribution in [0.2, 0.25) is 0 Å². The first kappa shape index (κ1) is 31.1. The molecule has 2 heterocycles. The Morgan fingerprint density at radius 1 is 0.291 bits per heavy atom. The summed E-state index contributed by atoms with van der Waals surface area (Å²) in [5.41, 5.74) is 9.05. The Morgan fingerprint density at radius 3 is 1.58 bits per heavy atom. The van der Waals surface area contributed by atoms with Crippen LogP contribution in [0.3, 0.4) is 0 Å². The molecule has 0 bridgehead atoms. The minimum Gasteiger partial charge on any atom is -0.456 e. The van der Waals surface area contributed by atoms with Crippen LogP contribution in [-0.2, 0) is 0 Å². The molecule has 55 heavy (non-hydrogen) atoms. The summed E-state index contributed by atoms with van der Waals surface area (Å²) >= 11 is 0. The lowest BCUT2D eigenvalue weighted by molar-refractivity contribution is 0.669. The number of fused-ring (bicyclic) bond motifs is 6. The second-order valence-electron chi connectivity index (χ2n) is 14.0.